The lowest BCUT2D eigenvalue weighted by Gasteiger charge is -2.29. The smallest absolute Gasteiger partial charge is 0.0931 e. The Balaban J connectivity index is 1.76. The Hall–Kier alpha value is -0.0900. The van der Waals surface area contributed by atoms with E-state index in [9.17, 15) is 0 Å². The van der Waals surface area contributed by atoms with Crippen molar-refractivity contribution in [3.63, 3.8) is 0 Å². The summed E-state index contributed by atoms with van der Waals surface area (Å²) in [6.07, 6.45) is 4.73. The number of rotatable bonds is 3. The van der Waals surface area contributed by atoms with Gasteiger partial charge in [0, 0.05) is 23.4 Å². The van der Waals surface area contributed by atoms with Crippen LogP contribution in [0.3, 0.4) is 0 Å². The Morgan fingerprint density at radius 1 is 1.50 bits per heavy atom. The van der Waals surface area contributed by atoms with Crippen LogP contribution in [0.1, 0.15) is 24.1 Å². The van der Waals surface area contributed by atoms with Gasteiger partial charge in [-0.1, -0.05) is 11.6 Å². The first-order chi connectivity index (χ1) is 7.67. The van der Waals surface area contributed by atoms with E-state index in [1.807, 2.05) is 6.07 Å². The molecule has 2 N–H and O–H groups in total. The summed E-state index contributed by atoms with van der Waals surface area (Å²) >= 11 is 7.59. The molecule has 2 atom stereocenters. The summed E-state index contributed by atoms with van der Waals surface area (Å²) in [5.74, 6) is 0.711. The van der Waals surface area contributed by atoms with E-state index in [2.05, 4.69) is 6.07 Å². The molecule has 2 unspecified atom stereocenters. The van der Waals surface area contributed by atoms with Gasteiger partial charge in [-0.15, -0.1) is 11.3 Å². The highest BCUT2D eigenvalue weighted by atomic mass is 35.5. The van der Waals surface area contributed by atoms with Crippen molar-refractivity contribution in [3.8, 4) is 0 Å². The molecule has 1 aromatic rings. The summed E-state index contributed by atoms with van der Waals surface area (Å²) in [4.78, 5) is 1.28. The number of nitrogens with two attached hydrogens (primary N) is 1. The van der Waals surface area contributed by atoms with Crippen molar-refractivity contribution < 1.29 is 4.74 Å². The number of halogens is 1. The zero-order valence-corrected chi connectivity index (χ0v) is 10.7. The van der Waals surface area contributed by atoms with Crippen LogP contribution in [0.25, 0.3) is 0 Å². The Labute approximate surface area is 105 Å². The molecular weight excluding hydrogens is 242 g/mol. The van der Waals surface area contributed by atoms with Gasteiger partial charge in [-0.05, 0) is 37.3 Å². The minimum absolute atomic E-state index is 0.157. The molecule has 4 heteroatoms. The zero-order chi connectivity index (χ0) is 11.2. The van der Waals surface area contributed by atoms with Gasteiger partial charge in [0.15, 0.2) is 0 Å². The van der Waals surface area contributed by atoms with Gasteiger partial charge in [0.1, 0.15) is 0 Å². The molecule has 2 heterocycles. The molecule has 1 aromatic heterocycles. The van der Waals surface area contributed by atoms with Crippen LogP contribution in [0.4, 0.5) is 0 Å². The molecule has 2 nitrogen and oxygen atoms in total. The molecule has 0 bridgehead atoms. The van der Waals surface area contributed by atoms with Crippen molar-refractivity contribution in [2.75, 3.05) is 6.61 Å². The normalized spacial score (nSPS) is 34.5. The highest BCUT2D eigenvalue weighted by molar-refractivity contribution is 7.16. The number of ether oxygens (including phenoxy) is 1. The molecule has 0 aromatic carbocycles. The second-order valence-electron chi connectivity index (χ2n) is 4.99. The van der Waals surface area contributed by atoms with Crippen LogP contribution in [0.2, 0.25) is 4.34 Å². The zero-order valence-electron chi connectivity index (χ0n) is 9.12. The SMILES string of the molecule is NC1(Cc2ccc(Cl)s2)CCOC1C1CC1. The van der Waals surface area contributed by atoms with Crippen LogP contribution >= 0.6 is 22.9 Å². The van der Waals surface area contributed by atoms with Crippen LogP contribution in [0, 0.1) is 5.92 Å². The van der Waals surface area contributed by atoms with Crippen LogP contribution in [0.15, 0.2) is 12.1 Å². The third-order valence-electron chi connectivity index (χ3n) is 3.61. The summed E-state index contributed by atoms with van der Waals surface area (Å²) in [5.41, 5.74) is 6.37. The molecule has 88 valence electrons. The maximum Gasteiger partial charge on any atom is 0.0931 e. The van der Waals surface area contributed by atoms with E-state index < -0.39 is 0 Å². The molecular formula is C12H16ClNOS. The molecule has 0 radical (unpaired) electrons. The Kier molecular flexibility index (Phi) is 2.75. The quantitative estimate of drug-likeness (QED) is 0.904. The first kappa shape index (κ1) is 11.0. The monoisotopic (exact) mass is 257 g/mol. The maximum atomic E-state index is 6.52. The lowest BCUT2D eigenvalue weighted by Crippen LogP contribution is -2.50. The largest absolute Gasteiger partial charge is 0.376 e. The standard InChI is InChI=1S/C12H16ClNOS/c13-10-4-3-9(16-10)7-12(14)5-6-15-11(12)8-1-2-8/h3-4,8,11H,1-2,5-7,14H2. The van der Waals surface area contributed by atoms with E-state index in [1.165, 1.54) is 17.7 Å². The van der Waals surface area contributed by atoms with Gasteiger partial charge in [-0.2, -0.15) is 0 Å². The summed E-state index contributed by atoms with van der Waals surface area (Å²) in [6, 6.07) is 4.04. The first-order valence-electron chi connectivity index (χ1n) is 5.82. The highest BCUT2D eigenvalue weighted by Crippen LogP contribution is 2.44. The molecule has 1 saturated carbocycles. The lowest BCUT2D eigenvalue weighted by molar-refractivity contribution is 0.0629. The molecule has 0 amide bonds. The third-order valence-corrected chi connectivity index (χ3v) is 4.85. The van der Waals surface area contributed by atoms with Crippen molar-refractivity contribution >= 4 is 22.9 Å². The van der Waals surface area contributed by atoms with Gasteiger partial charge in [0.2, 0.25) is 0 Å². The number of hydrogen-bond acceptors (Lipinski definition) is 3. The molecule has 16 heavy (non-hydrogen) atoms. The van der Waals surface area contributed by atoms with E-state index in [0.717, 1.165) is 23.8 Å². The summed E-state index contributed by atoms with van der Waals surface area (Å²) in [7, 11) is 0. The number of thiophene rings is 1. The fourth-order valence-corrected chi connectivity index (χ4v) is 3.87. The van der Waals surface area contributed by atoms with Crippen molar-refractivity contribution in [3.05, 3.63) is 21.3 Å². The molecule has 2 aliphatic rings. The van der Waals surface area contributed by atoms with Crippen molar-refractivity contribution in [1.82, 2.24) is 0 Å². The predicted octanol–water partition coefficient (Wildman–Crippen LogP) is 2.84. The fourth-order valence-electron chi connectivity index (χ4n) is 2.65. The van der Waals surface area contributed by atoms with E-state index in [-0.39, 0.29) is 11.6 Å². The molecule has 1 aliphatic carbocycles. The Morgan fingerprint density at radius 2 is 2.31 bits per heavy atom. The fraction of sp³-hybridized carbons (Fsp3) is 0.667. The summed E-state index contributed by atoms with van der Waals surface area (Å²) in [6.45, 7) is 0.816. The second kappa shape index (κ2) is 3.98. The average molecular weight is 258 g/mol. The summed E-state index contributed by atoms with van der Waals surface area (Å²) in [5, 5.41) is 0. The van der Waals surface area contributed by atoms with E-state index >= 15 is 0 Å². The van der Waals surface area contributed by atoms with Crippen molar-refractivity contribution in [2.45, 2.75) is 37.3 Å². The highest BCUT2D eigenvalue weighted by Gasteiger charge is 2.48. The van der Waals surface area contributed by atoms with Crippen LogP contribution in [-0.4, -0.2) is 18.2 Å². The van der Waals surface area contributed by atoms with E-state index in [0.29, 0.717) is 5.92 Å². The Morgan fingerprint density at radius 3 is 2.94 bits per heavy atom. The van der Waals surface area contributed by atoms with Gasteiger partial charge < -0.3 is 10.5 Å². The molecule has 1 saturated heterocycles. The predicted molar refractivity (Wildman–Crippen MR) is 67.0 cm³/mol. The van der Waals surface area contributed by atoms with Crippen LogP contribution in [-0.2, 0) is 11.2 Å². The molecule has 3 rings (SSSR count). The maximum absolute atomic E-state index is 6.52. The van der Waals surface area contributed by atoms with Gasteiger partial charge in [0.05, 0.1) is 10.4 Å². The minimum Gasteiger partial charge on any atom is -0.376 e. The minimum atomic E-state index is -0.157. The second-order valence-corrected chi connectivity index (χ2v) is 6.79. The van der Waals surface area contributed by atoms with Crippen LogP contribution in [0.5, 0.6) is 0 Å². The third kappa shape index (κ3) is 2.02. The van der Waals surface area contributed by atoms with Gasteiger partial charge in [0.25, 0.3) is 0 Å². The van der Waals surface area contributed by atoms with Gasteiger partial charge in [-0.25, -0.2) is 0 Å². The Bertz CT molecular complexity index is 390. The number of hydrogen-bond donors (Lipinski definition) is 1. The first-order valence-corrected chi connectivity index (χ1v) is 7.01. The molecule has 2 fully saturated rings. The molecule has 0 spiro atoms. The van der Waals surface area contributed by atoms with Crippen LogP contribution < -0.4 is 5.73 Å². The van der Waals surface area contributed by atoms with Crippen molar-refractivity contribution in [2.24, 2.45) is 11.7 Å². The van der Waals surface area contributed by atoms with E-state index in [1.54, 1.807) is 11.3 Å². The summed E-state index contributed by atoms with van der Waals surface area (Å²) < 4.78 is 6.67. The topological polar surface area (TPSA) is 35.2 Å². The lowest BCUT2D eigenvalue weighted by atomic mass is 9.85. The van der Waals surface area contributed by atoms with E-state index in [4.69, 9.17) is 22.1 Å². The average Bonchev–Trinajstić information content (AvgIpc) is 2.89. The van der Waals surface area contributed by atoms with Crippen molar-refractivity contribution in [1.29, 1.82) is 0 Å². The van der Waals surface area contributed by atoms with Gasteiger partial charge >= 0.3 is 0 Å². The van der Waals surface area contributed by atoms with Gasteiger partial charge in [-0.3, -0.25) is 0 Å². The molecule has 1 aliphatic heterocycles.